The zero-order valence-electron chi connectivity index (χ0n) is 11.6. The van der Waals surface area contributed by atoms with Crippen molar-refractivity contribution in [3.63, 3.8) is 0 Å². The molecule has 1 aliphatic heterocycles. The SMILES string of the molecule is CCOC1CC(CN)(N2C(C)CCC2CC)C1. The van der Waals surface area contributed by atoms with E-state index in [-0.39, 0.29) is 5.54 Å². The van der Waals surface area contributed by atoms with E-state index in [9.17, 15) is 0 Å². The Balaban J connectivity index is 2.03. The van der Waals surface area contributed by atoms with Gasteiger partial charge in [-0.1, -0.05) is 6.92 Å². The molecule has 1 aliphatic carbocycles. The molecule has 2 rings (SSSR count). The second-order valence-corrected chi connectivity index (χ2v) is 5.81. The fraction of sp³-hybridized carbons (Fsp3) is 1.00. The van der Waals surface area contributed by atoms with E-state index in [4.69, 9.17) is 10.5 Å². The summed E-state index contributed by atoms with van der Waals surface area (Å²) in [5.41, 5.74) is 6.34. The van der Waals surface area contributed by atoms with Crippen molar-refractivity contribution in [3.8, 4) is 0 Å². The van der Waals surface area contributed by atoms with Crippen molar-refractivity contribution in [2.45, 2.75) is 76.6 Å². The minimum atomic E-state index is 0.246. The van der Waals surface area contributed by atoms with Gasteiger partial charge in [0.2, 0.25) is 0 Å². The summed E-state index contributed by atoms with van der Waals surface area (Å²) in [5, 5.41) is 0. The average Bonchev–Trinajstić information content (AvgIpc) is 2.65. The second-order valence-electron chi connectivity index (χ2n) is 5.81. The molecular weight excluding hydrogens is 212 g/mol. The maximum atomic E-state index is 6.09. The van der Waals surface area contributed by atoms with Crippen molar-refractivity contribution in [2.24, 2.45) is 5.73 Å². The summed E-state index contributed by atoms with van der Waals surface area (Å²) in [6.45, 7) is 8.37. The predicted molar refractivity (Wildman–Crippen MR) is 71.0 cm³/mol. The number of nitrogens with zero attached hydrogens (tertiary/aromatic N) is 1. The van der Waals surface area contributed by atoms with Gasteiger partial charge < -0.3 is 10.5 Å². The maximum Gasteiger partial charge on any atom is 0.0611 e. The highest BCUT2D eigenvalue weighted by atomic mass is 16.5. The molecule has 0 amide bonds. The summed E-state index contributed by atoms with van der Waals surface area (Å²) < 4.78 is 5.72. The molecule has 2 unspecified atom stereocenters. The smallest absolute Gasteiger partial charge is 0.0611 e. The van der Waals surface area contributed by atoms with E-state index in [0.717, 1.165) is 32.0 Å². The number of likely N-dealkylation sites (tertiary alicyclic amines) is 1. The first kappa shape index (κ1) is 13.3. The van der Waals surface area contributed by atoms with Crippen LogP contribution in [0.1, 0.15) is 52.9 Å². The Morgan fingerprint density at radius 1 is 1.29 bits per heavy atom. The van der Waals surface area contributed by atoms with E-state index in [2.05, 4.69) is 25.7 Å². The molecule has 100 valence electrons. The summed E-state index contributed by atoms with van der Waals surface area (Å²) in [6.07, 6.45) is 6.66. The standard InChI is InChI=1S/C14H28N2O/c1-4-12-7-6-11(3)16(12)14(10-15)8-13(9-14)17-5-2/h11-13H,4-10,15H2,1-3H3. The van der Waals surface area contributed by atoms with Crippen LogP contribution in [0.3, 0.4) is 0 Å². The highest BCUT2D eigenvalue weighted by molar-refractivity contribution is 5.09. The van der Waals surface area contributed by atoms with Gasteiger partial charge in [-0.15, -0.1) is 0 Å². The van der Waals surface area contributed by atoms with Gasteiger partial charge >= 0.3 is 0 Å². The lowest BCUT2D eigenvalue weighted by atomic mass is 9.72. The third-order valence-corrected chi connectivity index (χ3v) is 4.80. The fourth-order valence-corrected chi connectivity index (χ4v) is 3.95. The zero-order valence-corrected chi connectivity index (χ0v) is 11.6. The van der Waals surface area contributed by atoms with Crippen molar-refractivity contribution in [1.82, 2.24) is 4.90 Å². The molecule has 1 saturated carbocycles. The molecule has 0 radical (unpaired) electrons. The highest BCUT2D eigenvalue weighted by Gasteiger charge is 2.52. The van der Waals surface area contributed by atoms with E-state index in [1.165, 1.54) is 19.3 Å². The topological polar surface area (TPSA) is 38.5 Å². The summed E-state index contributed by atoms with van der Waals surface area (Å²) in [4.78, 5) is 2.72. The van der Waals surface area contributed by atoms with E-state index in [0.29, 0.717) is 12.1 Å². The molecule has 17 heavy (non-hydrogen) atoms. The number of hydrogen-bond acceptors (Lipinski definition) is 3. The molecule has 2 N–H and O–H groups in total. The molecule has 0 spiro atoms. The molecule has 2 fully saturated rings. The normalized spacial score (nSPS) is 42.7. The van der Waals surface area contributed by atoms with Gasteiger partial charge in [-0.3, -0.25) is 4.90 Å². The van der Waals surface area contributed by atoms with Gasteiger partial charge in [0.1, 0.15) is 0 Å². The monoisotopic (exact) mass is 240 g/mol. The van der Waals surface area contributed by atoms with Crippen molar-refractivity contribution >= 4 is 0 Å². The molecule has 1 saturated heterocycles. The summed E-state index contributed by atoms with van der Waals surface area (Å²) in [6, 6.07) is 1.45. The van der Waals surface area contributed by atoms with Crippen LogP contribution >= 0.6 is 0 Å². The first-order valence-corrected chi connectivity index (χ1v) is 7.27. The van der Waals surface area contributed by atoms with Crippen LogP contribution in [-0.4, -0.2) is 41.8 Å². The van der Waals surface area contributed by atoms with Gasteiger partial charge in [0.05, 0.1) is 6.10 Å². The number of hydrogen-bond donors (Lipinski definition) is 1. The van der Waals surface area contributed by atoms with Crippen LogP contribution in [0.4, 0.5) is 0 Å². The Kier molecular flexibility index (Phi) is 4.11. The van der Waals surface area contributed by atoms with Crippen LogP contribution in [0.5, 0.6) is 0 Å². The minimum Gasteiger partial charge on any atom is -0.378 e. The molecule has 2 aliphatic rings. The highest BCUT2D eigenvalue weighted by Crippen LogP contribution is 2.45. The van der Waals surface area contributed by atoms with Gasteiger partial charge in [-0.2, -0.15) is 0 Å². The number of nitrogens with two attached hydrogens (primary N) is 1. The van der Waals surface area contributed by atoms with Crippen molar-refractivity contribution in [2.75, 3.05) is 13.2 Å². The van der Waals surface area contributed by atoms with Gasteiger partial charge in [-0.25, -0.2) is 0 Å². The molecule has 2 atom stereocenters. The third kappa shape index (κ3) is 2.25. The number of ether oxygens (including phenoxy) is 1. The van der Waals surface area contributed by atoms with Crippen LogP contribution in [0.15, 0.2) is 0 Å². The molecule has 3 nitrogen and oxygen atoms in total. The van der Waals surface area contributed by atoms with Crippen molar-refractivity contribution < 1.29 is 4.74 Å². The van der Waals surface area contributed by atoms with Crippen LogP contribution in [0.25, 0.3) is 0 Å². The predicted octanol–water partition coefficient (Wildman–Crippen LogP) is 2.15. The Morgan fingerprint density at radius 3 is 2.53 bits per heavy atom. The lowest BCUT2D eigenvalue weighted by Crippen LogP contribution is -2.66. The van der Waals surface area contributed by atoms with E-state index < -0.39 is 0 Å². The molecule has 1 heterocycles. The molecule has 0 aromatic heterocycles. The lowest BCUT2D eigenvalue weighted by Gasteiger charge is -2.55. The molecule has 0 bridgehead atoms. The van der Waals surface area contributed by atoms with E-state index in [1.54, 1.807) is 0 Å². The average molecular weight is 240 g/mol. The van der Waals surface area contributed by atoms with E-state index >= 15 is 0 Å². The Bertz CT molecular complexity index is 251. The molecule has 0 aromatic carbocycles. The summed E-state index contributed by atoms with van der Waals surface area (Å²) >= 11 is 0. The van der Waals surface area contributed by atoms with Crippen LogP contribution in [-0.2, 0) is 4.74 Å². The van der Waals surface area contributed by atoms with Gasteiger partial charge in [0.15, 0.2) is 0 Å². The van der Waals surface area contributed by atoms with Crippen LogP contribution < -0.4 is 5.73 Å². The molecule has 3 heteroatoms. The van der Waals surface area contributed by atoms with Crippen molar-refractivity contribution in [1.29, 1.82) is 0 Å². The fourth-order valence-electron chi connectivity index (χ4n) is 3.95. The lowest BCUT2D eigenvalue weighted by molar-refractivity contribution is -0.114. The van der Waals surface area contributed by atoms with Crippen molar-refractivity contribution in [3.05, 3.63) is 0 Å². The quantitative estimate of drug-likeness (QED) is 0.800. The van der Waals surface area contributed by atoms with Gasteiger partial charge in [-0.05, 0) is 46.0 Å². The molecular formula is C14H28N2O. The number of rotatable bonds is 5. The van der Waals surface area contributed by atoms with Crippen LogP contribution in [0.2, 0.25) is 0 Å². The Morgan fingerprint density at radius 2 is 2.00 bits per heavy atom. The molecule has 0 aromatic rings. The second kappa shape index (κ2) is 5.25. The largest absolute Gasteiger partial charge is 0.378 e. The minimum absolute atomic E-state index is 0.246. The van der Waals surface area contributed by atoms with Crippen LogP contribution in [0, 0.1) is 0 Å². The first-order valence-electron chi connectivity index (χ1n) is 7.27. The summed E-state index contributed by atoms with van der Waals surface area (Å²) in [7, 11) is 0. The Labute approximate surface area is 106 Å². The van der Waals surface area contributed by atoms with Gasteiger partial charge in [0.25, 0.3) is 0 Å². The Hall–Kier alpha value is -0.120. The van der Waals surface area contributed by atoms with Gasteiger partial charge in [0, 0.05) is 30.8 Å². The maximum absolute atomic E-state index is 6.09. The summed E-state index contributed by atoms with van der Waals surface area (Å²) in [5.74, 6) is 0. The van der Waals surface area contributed by atoms with E-state index in [1.807, 2.05) is 0 Å². The first-order chi connectivity index (χ1) is 8.16. The third-order valence-electron chi connectivity index (χ3n) is 4.80. The zero-order chi connectivity index (χ0) is 12.5.